The van der Waals surface area contributed by atoms with Crippen LogP contribution in [0.3, 0.4) is 0 Å². The lowest BCUT2D eigenvalue weighted by Crippen LogP contribution is -2.49. The summed E-state index contributed by atoms with van der Waals surface area (Å²) in [6.45, 7) is 3.49. The van der Waals surface area contributed by atoms with E-state index in [9.17, 15) is 35.9 Å². The third-order valence-electron chi connectivity index (χ3n) is 11.0. The molecular weight excluding hydrogens is 799 g/mol. The number of carbonyl (C=O) groups excluding carboxylic acids is 2. The first-order valence-corrected chi connectivity index (χ1v) is 20.4. The zero-order valence-corrected chi connectivity index (χ0v) is 33.2. The Morgan fingerprint density at radius 1 is 0.621 bits per heavy atom. The van der Waals surface area contributed by atoms with Crippen molar-refractivity contribution in [3.63, 3.8) is 0 Å². The van der Waals surface area contributed by atoms with Crippen LogP contribution in [0.25, 0.3) is 0 Å². The molecule has 2 spiro atoms. The van der Waals surface area contributed by atoms with E-state index in [0.29, 0.717) is 37.1 Å². The first-order valence-electron chi connectivity index (χ1n) is 18.8. The first kappa shape index (κ1) is 41.5. The highest BCUT2D eigenvalue weighted by Gasteiger charge is 2.57. The number of benzene rings is 4. The predicted octanol–water partition coefficient (Wildman–Crippen LogP) is 8.25. The predicted molar refractivity (Wildman–Crippen MR) is 213 cm³/mol. The third-order valence-corrected chi connectivity index (χ3v) is 14.1. The minimum atomic E-state index is -1.05. The SMILES string of the molecule is CC(=O)N1N=C(c2cc(F)ccc2F)S[C@@]12c1cc(F)ccc1CC[C@@H]2CCN.CC(=O)N1N=C(c2cc(F)ccc2F)S[C@]12c1cc(F)ccc1CC[C@H]2CCN. The maximum Gasteiger partial charge on any atom is 0.241 e. The molecular formula is C42H40F6N6O2S2. The van der Waals surface area contributed by atoms with E-state index in [1.165, 1.54) is 71.7 Å². The van der Waals surface area contributed by atoms with Crippen molar-refractivity contribution in [3.05, 3.63) is 141 Å². The molecule has 2 aliphatic heterocycles. The summed E-state index contributed by atoms with van der Waals surface area (Å²) in [5, 5.41) is 11.8. The van der Waals surface area contributed by atoms with Crippen molar-refractivity contribution in [1.29, 1.82) is 0 Å². The molecule has 2 heterocycles. The number of rotatable bonds is 6. The summed E-state index contributed by atoms with van der Waals surface area (Å²) in [5.41, 5.74) is 14.7. The molecule has 0 saturated carbocycles. The fraction of sp³-hybridized carbons (Fsp3) is 0.333. The second-order valence-electron chi connectivity index (χ2n) is 14.5. The van der Waals surface area contributed by atoms with E-state index in [1.807, 2.05) is 0 Å². The second kappa shape index (κ2) is 16.5. The third kappa shape index (κ3) is 7.32. The Kier molecular flexibility index (Phi) is 11.8. The molecule has 8 nitrogen and oxygen atoms in total. The average Bonchev–Trinajstić information content (AvgIpc) is 3.79. The van der Waals surface area contributed by atoms with E-state index in [4.69, 9.17) is 11.5 Å². The van der Waals surface area contributed by atoms with E-state index in [2.05, 4.69) is 10.2 Å². The Balaban J connectivity index is 0.000000177. The Morgan fingerprint density at radius 2 is 0.983 bits per heavy atom. The quantitative estimate of drug-likeness (QED) is 0.189. The lowest BCUT2D eigenvalue weighted by molar-refractivity contribution is -0.135. The molecule has 4 N–H and O–H groups in total. The minimum Gasteiger partial charge on any atom is -0.330 e. The highest BCUT2D eigenvalue weighted by atomic mass is 32.2. The van der Waals surface area contributed by atoms with Gasteiger partial charge in [-0.15, -0.1) is 0 Å². The van der Waals surface area contributed by atoms with Gasteiger partial charge in [-0.25, -0.2) is 36.4 Å². The van der Waals surface area contributed by atoms with Gasteiger partial charge in [0.15, 0.2) is 0 Å². The smallest absolute Gasteiger partial charge is 0.241 e. The summed E-state index contributed by atoms with van der Waals surface area (Å²) >= 11 is 2.34. The van der Waals surface area contributed by atoms with E-state index in [1.54, 1.807) is 12.1 Å². The summed E-state index contributed by atoms with van der Waals surface area (Å²) in [6.07, 6.45) is 4.06. The Hall–Kier alpha value is -4.64. The molecule has 0 bridgehead atoms. The summed E-state index contributed by atoms with van der Waals surface area (Å²) in [7, 11) is 0. The maximum atomic E-state index is 14.5. The van der Waals surface area contributed by atoms with E-state index in [0.717, 1.165) is 73.2 Å². The standard InChI is InChI=1S/2C21H20F3N3OS/c2*1-12(28)27-21(29-20(26-27)17-10-15(22)6-7-19(17)24)14(8-9-25)4-2-13-3-5-16(23)11-18(13)21/h2*3,5-7,10-11,14H,2,4,8-9,25H2,1H3/t2*14-,21+/m10/s1. The Bertz CT molecular complexity index is 2190. The molecule has 4 aromatic carbocycles. The van der Waals surface area contributed by atoms with Gasteiger partial charge in [-0.1, -0.05) is 35.7 Å². The number of amides is 2. The van der Waals surface area contributed by atoms with Crippen LogP contribution < -0.4 is 11.5 Å². The number of carbonyl (C=O) groups is 2. The van der Waals surface area contributed by atoms with Crippen molar-refractivity contribution in [3.8, 4) is 0 Å². The van der Waals surface area contributed by atoms with E-state index in [-0.39, 0.29) is 44.9 Å². The lowest BCUT2D eigenvalue weighted by atomic mass is 9.77. The zero-order chi connectivity index (χ0) is 41.5. The molecule has 58 heavy (non-hydrogen) atoms. The normalized spacial score (nSPS) is 23.3. The lowest BCUT2D eigenvalue weighted by Gasteiger charge is -2.45. The van der Waals surface area contributed by atoms with Gasteiger partial charge in [-0.2, -0.15) is 10.2 Å². The van der Waals surface area contributed by atoms with Crippen LogP contribution in [0, 0.1) is 46.7 Å². The van der Waals surface area contributed by atoms with E-state index < -0.39 is 44.6 Å². The number of hydrazone groups is 2. The molecule has 0 fully saturated rings. The van der Waals surface area contributed by atoms with Crippen LogP contribution in [0.5, 0.6) is 0 Å². The average molecular weight is 839 g/mol. The van der Waals surface area contributed by atoms with Gasteiger partial charge in [0.1, 0.15) is 54.7 Å². The molecule has 8 rings (SSSR count). The number of fused-ring (bicyclic) bond motifs is 4. The monoisotopic (exact) mass is 838 g/mol. The molecule has 2 aliphatic carbocycles. The number of hydrogen-bond acceptors (Lipinski definition) is 8. The second-order valence-corrected chi connectivity index (χ2v) is 17.0. The maximum absolute atomic E-state index is 14.5. The number of hydrogen-bond donors (Lipinski definition) is 2. The summed E-state index contributed by atoms with van der Waals surface area (Å²) in [6, 6.07) is 15.3. The van der Waals surface area contributed by atoms with Crippen molar-refractivity contribution >= 4 is 45.4 Å². The fourth-order valence-electron chi connectivity index (χ4n) is 8.53. The molecule has 0 saturated heterocycles. The van der Waals surface area contributed by atoms with Gasteiger partial charge in [0.25, 0.3) is 0 Å². The van der Waals surface area contributed by atoms with Crippen molar-refractivity contribution < 1.29 is 35.9 Å². The largest absolute Gasteiger partial charge is 0.330 e. The zero-order valence-electron chi connectivity index (χ0n) is 31.6. The topological polar surface area (TPSA) is 117 Å². The molecule has 2 amide bonds. The van der Waals surface area contributed by atoms with Crippen LogP contribution in [0.15, 0.2) is 83.0 Å². The molecule has 0 unspecified atom stereocenters. The summed E-state index contributed by atoms with van der Waals surface area (Å²) in [5.74, 6) is -4.28. The van der Waals surface area contributed by atoms with Crippen molar-refractivity contribution in [2.75, 3.05) is 13.1 Å². The number of nitrogens with zero attached hydrogens (tertiary/aromatic N) is 4. The molecule has 304 valence electrons. The van der Waals surface area contributed by atoms with Crippen LogP contribution in [-0.4, -0.2) is 45.0 Å². The number of thioether (sulfide) groups is 2. The Labute approximate surface area is 340 Å². The van der Waals surface area contributed by atoms with Crippen LogP contribution in [0.4, 0.5) is 26.3 Å². The highest BCUT2D eigenvalue weighted by molar-refractivity contribution is 8.15. The van der Waals surface area contributed by atoms with Gasteiger partial charge in [0.05, 0.1) is 0 Å². The molecule has 0 aromatic heterocycles. The van der Waals surface area contributed by atoms with Gasteiger partial charge in [0, 0.05) is 25.0 Å². The highest BCUT2D eigenvalue weighted by Crippen LogP contribution is 2.59. The van der Waals surface area contributed by atoms with Crippen molar-refractivity contribution in [2.45, 2.75) is 62.1 Å². The first-order chi connectivity index (χ1) is 27.7. The van der Waals surface area contributed by atoms with Crippen LogP contribution in [-0.2, 0) is 32.2 Å². The van der Waals surface area contributed by atoms with Crippen LogP contribution >= 0.6 is 23.5 Å². The number of halogens is 6. The van der Waals surface area contributed by atoms with Gasteiger partial charge in [0.2, 0.25) is 11.8 Å². The molecule has 4 atom stereocenters. The Morgan fingerprint density at radius 3 is 1.34 bits per heavy atom. The molecule has 4 aromatic rings. The van der Waals surface area contributed by atoms with Crippen LogP contribution in [0.2, 0.25) is 0 Å². The van der Waals surface area contributed by atoms with Crippen molar-refractivity contribution in [2.24, 2.45) is 33.5 Å². The molecule has 16 heteroatoms. The van der Waals surface area contributed by atoms with E-state index >= 15 is 0 Å². The fourth-order valence-corrected chi connectivity index (χ4v) is 11.8. The minimum absolute atomic E-state index is 0.0202. The van der Waals surface area contributed by atoms with Gasteiger partial charge >= 0.3 is 0 Å². The van der Waals surface area contributed by atoms with Gasteiger partial charge < -0.3 is 11.5 Å². The van der Waals surface area contributed by atoms with Crippen molar-refractivity contribution in [1.82, 2.24) is 10.0 Å². The van der Waals surface area contributed by atoms with Crippen LogP contribution in [0.1, 0.15) is 72.9 Å². The summed E-state index contributed by atoms with van der Waals surface area (Å²) < 4.78 is 85.0. The molecule has 0 radical (unpaired) electrons. The molecule has 4 aliphatic rings. The summed E-state index contributed by atoms with van der Waals surface area (Å²) in [4.78, 5) is 23.1. The number of nitrogens with two attached hydrogens (primary N) is 2. The number of aryl methyl sites for hydroxylation is 2. The van der Waals surface area contributed by atoms with Gasteiger partial charge in [-0.05, 0) is 146 Å². The van der Waals surface area contributed by atoms with Gasteiger partial charge in [-0.3, -0.25) is 9.59 Å².